The Morgan fingerprint density at radius 3 is 1.26 bits per heavy atom. The number of hydrogen-bond acceptors (Lipinski definition) is 6. The molecule has 260 valence electrons. The van der Waals surface area contributed by atoms with Gasteiger partial charge in [-0.3, -0.25) is 19.8 Å². The normalized spacial score (nSPS) is 14.2. The Kier molecular flexibility index (Phi) is 7.08. The minimum absolute atomic E-state index is 0.294. The number of nitrogens with zero attached hydrogens (tertiary/aromatic N) is 6. The van der Waals surface area contributed by atoms with Gasteiger partial charge < -0.3 is 0 Å². The lowest BCUT2D eigenvalue weighted by atomic mass is 9.71. The molecular formula is C48H38N6. The second-order valence-electron chi connectivity index (χ2n) is 15.2. The Hall–Kier alpha value is -6.66. The maximum absolute atomic E-state index is 4.78. The third-order valence-electron chi connectivity index (χ3n) is 11.4. The summed E-state index contributed by atoms with van der Waals surface area (Å²) >= 11 is 0. The average molecular weight is 699 g/mol. The standard InChI is InChI=1S/C48H38N6/c1-47(2)39-27-31(53(33-13-11-23-49-29-33)41-17-7-9-25-51-41)19-21-37(39)43-35-15-5-6-16-36(35)44-38-22-20-32(28-40(38)48(3,4)46(44)45(43)47)54(34-14-12-24-50-30-34)42-18-8-10-26-52-42/h5-30H,1-4H3. The molecule has 0 bridgehead atoms. The summed E-state index contributed by atoms with van der Waals surface area (Å²) in [5.74, 6) is 1.70. The highest BCUT2D eigenvalue weighted by Gasteiger charge is 2.47. The second-order valence-corrected chi connectivity index (χ2v) is 15.2. The lowest BCUT2D eigenvalue weighted by molar-refractivity contribution is 0.602. The molecule has 0 aliphatic heterocycles. The molecule has 4 aromatic heterocycles. The minimum Gasteiger partial charge on any atom is -0.293 e. The maximum atomic E-state index is 4.78. The summed E-state index contributed by atoms with van der Waals surface area (Å²) in [6.45, 7) is 9.62. The van der Waals surface area contributed by atoms with Gasteiger partial charge in [0.05, 0.1) is 23.8 Å². The molecule has 0 saturated heterocycles. The largest absolute Gasteiger partial charge is 0.293 e. The lowest BCUT2D eigenvalue weighted by Crippen LogP contribution is -2.24. The molecule has 0 atom stereocenters. The molecule has 6 heteroatoms. The number of pyridine rings is 4. The Labute approximate surface area is 315 Å². The fraction of sp³-hybridized carbons (Fsp3) is 0.125. The van der Waals surface area contributed by atoms with Crippen LogP contribution in [0.1, 0.15) is 49.9 Å². The van der Waals surface area contributed by atoms with Crippen LogP contribution in [0, 0.1) is 0 Å². The predicted molar refractivity (Wildman–Crippen MR) is 220 cm³/mol. The van der Waals surface area contributed by atoms with Gasteiger partial charge in [-0.05, 0) is 128 Å². The molecule has 0 spiro atoms. The summed E-state index contributed by atoms with van der Waals surface area (Å²) in [4.78, 5) is 22.9. The van der Waals surface area contributed by atoms with Crippen molar-refractivity contribution in [2.24, 2.45) is 0 Å². The maximum Gasteiger partial charge on any atom is 0.137 e. The van der Waals surface area contributed by atoms with E-state index in [-0.39, 0.29) is 10.8 Å². The number of hydrogen-bond donors (Lipinski definition) is 0. The van der Waals surface area contributed by atoms with Gasteiger partial charge in [-0.1, -0.05) is 76.2 Å². The van der Waals surface area contributed by atoms with Crippen molar-refractivity contribution < 1.29 is 0 Å². The van der Waals surface area contributed by atoms with Crippen LogP contribution in [-0.2, 0) is 10.8 Å². The number of anilines is 6. The van der Waals surface area contributed by atoms with Crippen molar-refractivity contribution in [1.29, 1.82) is 0 Å². The number of rotatable bonds is 6. The van der Waals surface area contributed by atoms with Crippen LogP contribution in [0.5, 0.6) is 0 Å². The van der Waals surface area contributed by atoms with Crippen molar-refractivity contribution in [3.05, 3.63) is 181 Å². The average Bonchev–Trinajstić information content (AvgIpc) is 3.59. The Bertz CT molecular complexity index is 2440. The fourth-order valence-electron chi connectivity index (χ4n) is 9.10. The van der Waals surface area contributed by atoms with Crippen LogP contribution in [-0.4, -0.2) is 19.9 Å². The SMILES string of the molecule is CC1(C)c2cc(N(c3cccnc3)c3ccccn3)ccc2-c2c1c1c(c3ccccc23)-c2ccc(N(c3cccnc3)c3ccccn3)cc2C1(C)C. The highest BCUT2D eigenvalue weighted by molar-refractivity contribution is 6.13. The topological polar surface area (TPSA) is 58.0 Å². The van der Waals surface area contributed by atoms with E-state index in [9.17, 15) is 0 Å². The highest BCUT2D eigenvalue weighted by atomic mass is 15.2. The zero-order valence-electron chi connectivity index (χ0n) is 30.7. The van der Waals surface area contributed by atoms with Crippen molar-refractivity contribution in [2.75, 3.05) is 9.80 Å². The summed E-state index contributed by atoms with van der Waals surface area (Å²) in [6, 6.07) is 43.1. The molecule has 0 fully saturated rings. The van der Waals surface area contributed by atoms with Crippen molar-refractivity contribution >= 4 is 45.2 Å². The molecule has 54 heavy (non-hydrogen) atoms. The van der Waals surface area contributed by atoms with Crippen molar-refractivity contribution in [2.45, 2.75) is 38.5 Å². The van der Waals surface area contributed by atoms with Gasteiger partial charge in [-0.15, -0.1) is 0 Å². The Morgan fingerprint density at radius 2 is 0.870 bits per heavy atom. The zero-order chi connectivity index (χ0) is 36.6. The van der Waals surface area contributed by atoms with Crippen LogP contribution in [0.3, 0.4) is 0 Å². The van der Waals surface area contributed by atoms with Gasteiger partial charge >= 0.3 is 0 Å². The fourth-order valence-corrected chi connectivity index (χ4v) is 9.10. The van der Waals surface area contributed by atoms with E-state index in [1.807, 2.05) is 73.6 Å². The van der Waals surface area contributed by atoms with Crippen LogP contribution in [0.4, 0.5) is 34.4 Å². The van der Waals surface area contributed by atoms with Crippen LogP contribution in [0.2, 0.25) is 0 Å². The molecule has 4 heterocycles. The molecule has 2 aliphatic rings. The molecule has 0 radical (unpaired) electrons. The predicted octanol–water partition coefficient (Wildman–Crippen LogP) is 12.0. The first-order valence-corrected chi connectivity index (χ1v) is 18.5. The molecule has 4 aromatic carbocycles. The van der Waals surface area contributed by atoms with E-state index in [0.717, 1.165) is 34.4 Å². The van der Waals surface area contributed by atoms with Crippen molar-refractivity contribution in [3.8, 4) is 22.3 Å². The number of fused-ring (bicyclic) bond motifs is 10. The highest BCUT2D eigenvalue weighted by Crippen LogP contribution is 2.62. The Morgan fingerprint density at radius 1 is 0.426 bits per heavy atom. The summed E-state index contributed by atoms with van der Waals surface area (Å²) in [7, 11) is 0. The van der Waals surface area contributed by atoms with E-state index in [2.05, 4.69) is 132 Å². The number of benzene rings is 4. The molecular weight excluding hydrogens is 661 g/mol. The van der Waals surface area contributed by atoms with Gasteiger partial charge in [0.1, 0.15) is 11.6 Å². The van der Waals surface area contributed by atoms with E-state index < -0.39 is 0 Å². The molecule has 10 rings (SSSR count). The van der Waals surface area contributed by atoms with Gasteiger partial charge in [0.15, 0.2) is 0 Å². The van der Waals surface area contributed by atoms with Crippen LogP contribution >= 0.6 is 0 Å². The van der Waals surface area contributed by atoms with E-state index in [1.54, 1.807) is 0 Å². The molecule has 8 aromatic rings. The molecule has 0 N–H and O–H groups in total. The third kappa shape index (κ3) is 4.66. The minimum atomic E-state index is -0.294. The monoisotopic (exact) mass is 698 g/mol. The van der Waals surface area contributed by atoms with E-state index in [1.165, 1.54) is 55.3 Å². The zero-order valence-corrected chi connectivity index (χ0v) is 30.7. The summed E-state index contributed by atoms with van der Waals surface area (Å²) in [5.41, 5.74) is 14.1. The van der Waals surface area contributed by atoms with Gasteiger partial charge in [0.25, 0.3) is 0 Å². The van der Waals surface area contributed by atoms with Gasteiger partial charge in [-0.2, -0.15) is 0 Å². The number of aromatic nitrogens is 4. The summed E-state index contributed by atoms with van der Waals surface area (Å²) in [6.07, 6.45) is 11.1. The van der Waals surface area contributed by atoms with Crippen molar-refractivity contribution in [1.82, 2.24) is 19.9 Å². The van der Waals surface area contributed by atoms with E-state index in [4.69, 9.17) is 9.97 Å². The third-order valence-corrected chi connectivity index (χ3v) is 11.4. The quantitative estimate of drug-likeness (QED) is 0.172. The van der Waals surface area contributed by atoms with Crippen LogP contribution in [0.25, 0.3) is 33.0 Å². The molecule has 6 nitrogen and oxygen atoms in total. The molecule has 0 saturated carbocycles. The molecule has 0 amide bonds. The van der Waals surface area contributed by atoms with E-state index in [0.29, 0.717) is 0 Å². The van der Waals surface area contributed by atoms with Gasteiger partial charge in [-0.25, -0.2) is 9.97 Å². The van der Waals surface area contributed by atoms with Gasteiger partial charge in [0, 0.05) is 47.0 Å². The smallest absolute Gasteiger partial charge is 0.137 e. The lowest BCUT2D eigenvalue weighted by Gasteiger charge is -2.32. The first kappa shape index (κ1) is 32.0. The molecule has 0 unspecified atom stereocenters. The van der Waals surface area contributed by atoms with E-state index >= 15 is 0 Å². The Balaban J connectivity index is 1.18. The summed E-state index contributed by atoms with van der Waals surface area (Å²) in [5, 5.41) is 2.58. The van der Waals surface area contributed by atoms with Crippen molar-refractivity contribution in [3.63, 3.8) is 0 Å². The second kappa shape index (κ2) is 11.9. The van der Waals surface area contributed by atoms with Crippen LogP contribution in [0.15, 0.2) is 159 Å². The van der Waals surface area contributed by atoms with Crippen LogP contribution < -0.4 is 9.80 Å². The first-order valence-electron chi connectivity index (χ1n) is 18.5. The molecule has 2 aliphatic carbocycles. The first-order chi connectivity index (χ1) is 26.3. The summed E-state index contributed by atoms with van der Waals surface area (Å²) < 4.78 is 0. The van der Waals surface area contributed by atoms with Gasteiger partial charge in [0.2, 0.25) is 0 Å².